The molecular formula is C31H33N3O3. The van der Waals surface area contributed by atoms with Crippen LogP contribution in [0, 0.1) is 0 Å². The van der Waals surface area contributed by atoms with Crippen LogP contribution in [0.3, 0.4) is 0 Å². The molecule has 6 nitrogen and oxygen atoms in total. The quantitative estimate of drug-likeness (QED) is 0.176. The van der Waals surface area contributed by atoms with E-state index in [2.05, 4.69) is 28.0 Å². The van der Waals surface area contributed by atoms with E-state index in [1.165, 1.54) is 0 Å². The summed E-state index contributed by atoms with van der Waals surface area (Å²) in [6.07, 6.45) is 16.1. The van der Waals surface area contributed by atoms with Gasteiger partial charge in [-0.15, -0.1) is 0 Å². The second-order valence-corrected chi connectivity index (χ2v) is 7.87. The molecule has 0 amide bonds. The minimum Gasteiger partial charge on any atom is -0.468 e. The van der Waals surface area contributed by atoms with Gasteiger partial charge in [0.2, 0.25) is 0 Å². The van der Waals surface area contributed by atoms with E-state index < -0.39 is 0 Å². The molecule has 0 saturated carbocycles. The van der Waals surface area contributed by atoms with Crippen LogP contribution in [0.1, 0.15) is 18.9 Å². The smallest absolute Gasteiger partial charge is 0.290 e. The predicted octanol–water partition coefficient (Wildman–Crippen LogP) is 7.03. The number of allylic oxidation sites excluding steroid dienone is 7. The van der Waals surface area contributed by atoms with Crippen molar-refractivity contribution in [3.8, 4) is 11.5 Å². The highest BCUT2D eigenvalue weighted by Crippen LogP contribution is 2.21. The van der Waals surface area contributed by atoms with Crippen molar-refractivity contribution < 1.29 is 14.2 Å². The highest BCUT2D eigenvalue weighted by Gasteiger charge is 2.10. The first-order valence-electron chi connectivity index (χ1n) is 12.0. The van der Waals surface area contributed by atoms with Crippen LogP contribution in [0.5, 0.6) is 11.5 Å². The van der Waals surface area contributed by atoms with Crippen LogP contribution >= 0.6 is 0 Å². The van der Waals surface area contributed by atoms with Crippen molar-refractivity contribution in [2.24, 2.45) is 9.98 Å². The van der Waals surface area contributed by atoms with Gasteiger partial charge in [0, 0.05) is 12.6 Å². The molecule has 0 fully saturated rings. The van der Waals surface area contributed by atoms with Crippen LogP contribution in [0.4, 0.5) is 0 Å². The van der Waals surface area contributed by atoms with Crippen LogP contribution in [0.2, 0.25) is 0 Å². The van der Waals surface area contributed by atoms with Gasteiger partial charge in [0.05, 0.1) is 13.7 Å². The maximum absolute atomic E-state index is 5.85. The molecule has 0 aliphatic heterocycles. The summed E-state index contributed by atoms with van der Waals surface area (Å²) in [5.41, 5.74) is 1.93. The van der Waals surface area contributed by atoms with Gasteiger partial charge >= 0.3 is 0 Å². The van der Waals surface area contributed by atoms with Gasteiger partial charge in [-0.1, -0.05) is 61.2 Å². The summed E-state index contributed by atoms with van der Waals surface area (Å²) in [4.78, 5) is 8.96. The minimum atomic E-state index is 0.371. The number of rotatable bonds is 9. The predicted molar refractivity (Wildman–Crippen MR) is 152 cm³/mol. The summed E-state index contributed by atoms with van der Waals surface area (Å²) in [7, 11) is 3.30. The van der Waals surface area contributed by atoms with E-state index in [-0.39, 0.29) is 0 Å². The number of methoxy groups -OCH3 is 1. The summed E-state index contributed by atoms with van der Waals surface area (Å²) < 4.78 is 17.1. The fourth-order valence-corrected chi connectivity index (χ4v) is 3.28. The molecule has 0 radical (unpaired) electrons. The molecule has 0 bridgehead atoms. The Kier molecular flexibility index (Phi) is 10.8. The van der Waals surface area contributed by atoms with Gasteiger partial charge in [-0.2, -0.15) is 0 Å². The number of hydrogen-bond acceptors (Lipinski definition) is 5. The normalized spacial score (nSPS) is 14.2. The van der Waals surface area contributed by atoms with Crippen LogP contribution in [0.25, 0.3) is 0 Å². The Hall–Kier alpha value is -4.58. The monoisotopic (exact) mass is 495 g/mol. The lowest BCUT2D eigenvalue weighted by atomic mass is 10.2. The first-order chi connectivity index (χ1) is 18.1. The topological polar surface area (TPSA) is 64.4 Å². The van der Waals surface area contributed by atoms with Gasteiger partial charge in [-0.05, 0) is 67.5 Å². The lowest BCUT2D eigenvalue weighted by Gasteiger charge is -2.12. The number of hydrogen-bond donors (Lipinski definition) is 1. The van der Waals surface area contributed by atoms with Crippen LogP contribution in [0.15, 0.2) is 137 Å². The Morgan fingerprint density at radius 3 is 2.46 bits per heavy atom. The zero-order chi connectivity index (χ0) is 26.3. The Balaban J connectivity index is 1.58. The third-order valence-corrected chi connectivity index (χ3v) is 5.14. The summed E-state index contributed by atoms with van der Waals surface area (Å²) >= 11 is 0. The Morgan fingerprint density at radius 1 is 1.00 bits per heavy atom. The maximum atomic E-state index is 5.85. The fourth-order valence-electron chi connectivity index (χ4n) is 3.28. The highest BCUT2D eigenvalue weighted by atomic mass is 16.5. The number of para-hydroxylation sites is 1. The average molecular weight is 496 g/mol. The molecule has 1 aliphatic rings. The van der Waals surface area contributed by atoms with Crippen molar-refractivity contribution in [3.05, 3.63) is 132 Å². The standard InChI is InChI=1S/C31H33N3O3/c1-5-6-8-12-24(2)36-28-16-11-13-26(19-22-28)30(32-3)34-31(35-4)33-23-25-17-20-29(21-18-25)37-27-14-9-7-10-15-27/h5-10,12-22H,2,11,23H2,1,3-4H3,(H,32,33,34)/b6-5-,12-8-. The second-order valence-electron chi connectivity index (χ2n) is 7.87. The third-order valence-electron chi connectivity index (χ3n) is 5.14. The van der Waals surface area contributed by atoms with E-state index in [0.717, 1.165) is 28.4 Å². The van der Waals surface area contributed by atoms with E-state index in [4.69, 9.17) is 14.2 Å². The fraction of sp³-hybridized carbons (Fsp3) is 0.161. The first kappa shape index (κ1) is 27.0. The molecule has 6 heteroatoms. The summed E-state index contributed by atoms with van der Waals surface area (Å²) in [6.45, 7) is 6.33. The lowest BCUT2D eigenvalue weighted by molar-refractivity contribution is 0.337. The molecule has 0 spiro atoms. The van der Waals surface area contributed by atoms with E-state index in [9.17, 15) is 0 Å². The first-order valence-corrected chi connectivity index (χ1v) is 12.0. The van der Waals surface area contributed by atoms with Crippen molar-refractivity contribution in [3.63, 3.8) is 0 Å². The van der Waals surface area contributed by atoms with Crippen molar-refractivity contribution >= 4 is 11.9 Å². The van der Waals surface area contributed by atoms with Crippen LogP contribution in [-0.2, 0) is 16.0 Å². The van der Waals surface area contributed by atoms with E-state index in [0.29, 0.717) is 30.6 Å². The Morgan fingerprint density at radius 2 is 1.76 bits per heavy atom. The summed E-state index contributed by atoms with van der Waals surface area (Å²) in [6, 6.07) is 17.9. The molecule has 37 heavy (non-hydrogen) atoms. The summed E-state index contributed by atoms with van der Waals surface area (Å²) in [5.74, 6) is 3.49. The Labute approximate surface area is 219 Å². The number of nitrogens with zero attached hydrogens (tertiary/aromatic N) is 2. The molecule has 2 aromatic rings. The second kappa shape index (κ2) is 14.7. The molecule has 0 heterocycles. The molecule has 1 aliphatic carbocycles. The number of ether oxygens (including phenoxy) is 3. The minimum absolute atomic E-state index is 0.371. The molecule has 190 valence electrons. The number of amidine groups is 2. The van der Waals surface area contributed by atoms with Gasteiger partial charge in [-0.25, -0.2) is 4.99 Å². The van der Waals surface area contributed by atoms with Gasteiger partial charge < -0.3 is 14.2 Å². The van der Waals surface area contributed by atoms with Gasteiger partial charge in [-0.3, -0.25) is 10.3 Å². The van der Waals surface area contributed by atoms with E-state index in [1.807, 2.05) is 104 Å². The van der Waals surface area contributed by atoms with E-state index >= 15 is 0 Å². The number of benzene rings is 2. The average Bonchev–Trinajstić information content (AvgIpc) is 3.16. The summed E-state index contributed by atoms with van der Waals surface area (Å²) in [5, 5.41) is 3.19. The lowest BCUT2D eigenvalue weighted by Crippen LogP contribution is -2.33. The van der Waals surface area contributed by atoms with Gasteiger partial charge in [0.1, 0.15) is 28.9 Å². The zero-order valence-corrected chi connectivity index (χ0v) is 21.6. The highest BCUT2D eigenvalue weighted by molar-refractivity contribution is 6.08. The zero-order valence-electron chi connectivity index (χ0n) is 21.6. The third kappa shape index (κ3) is 9.18. The molecule has 0 aromatic heterocycles. The molecule has 0 saturated heterocycles. The van der Waals surface area contributed by atoms with Crippen molar-refractivity contribution in [1.29, 1.82) is 0 Å². The van der Waals surface area contributed by atoms with Crippen molar-refractivity contribution in [2.75, 3.05) is 14.2 Å². The van der Waals surface area contributed by atoms with Crippen molar-refractivity contribution in [1.82, 2.24) is 5.32 Å². The van der Waals surface area contributed by atoms with Crippen molar-refractivity contribution in [2.45, 2.75) is 19.9 Å². The van der Waals surface area contributed by atoms with Crippen LogP contribution in [-0.4, -0.2) is 26.0 Å². The number of nitrogens with one attached hydrogen (secondary N) is 1. The van der Waals surface area contributed by atoms with Gasteiger partial charge in [0.25, 0.3) is 6.02 Å². The van der Waals surface area contributed by atoms with Crippen LogP contribution < -0.4 is 10.1 Å². The van der Waals surface area contributed by atoms with E-state index in [1.54, 1.807) is 14.2 Å². The molecule has 1 N–H and O–H groups in total. The SMILES string of the molecule is C=C(/C=C\C=C/C)OC1=CCC=C(C(=NC)NC(=NCc2ccc(Oc3ccccc3)cc2)OC)C=C1. The largest absolute Gasteiger partial charge is 0.468 e. The van der Waals surface area contributed by atoms with Gasteiger partial charge in [0.15, 0.2) is 0 Å². The molecule has 0 unspecified atom stereocenters. The molecule has 2 aromatic carbocycles. The molecule has 0 atom stereocenters. The molecule has 3 rings (SSSR count). The maximum Gasteiger partial charge on any atom is 0.290 e. The Bertz CT molecular complexity index is 1250. The number of aliphatic imine (C=N–C) groups is 2. The molecular weight excluding hydrogens is 462 g/mol.